The molecule has 102 valence electrons. The topological polar surface area (TPSA) is 21.3 Å². The van der Waals surface area contributed by atoms with Crippen LogP contribution in [0.3, 0.4) is 0 Å². The normalized spacial score (nSPS) is 19.7. The molecule has 1 heterocycles. The van der Waals surface area contributed by atoms with Gasteiger partial charge in [-0.2, -0.15) is 0 Å². The minimum atomic E-state index is 0.667. The minimum Gasteiger partial charge on any atom is -0.385 e. The lowest BCUT2D eigenvalue weighted by atomic mass is 10.1. The summed E-state index contributed by atoms with van der Waals surface area (Å²) >= 11 is 0. The van der Waals surface area contributed by atoms with Crippen LogP contribution in [0.25, 0.3) is 11.1 Å². The number of fused-ring (bicyclic) bond motifs is 3. The molecule has 4 rings (SSSR count). The van der Waals surface area contributed by atoms with Crippen molar-refractivity contribution in [2.45, 2.75) is 12.8 Å². The second-order valence-corrected chi connectivity index (χ2v) is 5.82. The second kappa shape index (κ2) is 4.95. The molecule has 1 fully saturated rings. The molecule has 1 unspecified atom stereocenters. The summed E-state index contributed by atoms with van der Waals surface area (Å²) in [6.07, 6.45) is 2.25. The van der Waals surface area contributed by atoms with E-state index in [1.54, 1.807) is 0 Å². The summed E-state index contributed by atoms with van der Waals surface area (Å²) in [6.45, 7) is 2.85. The van der Waals surface area contributed by atoms with Crippen LogP contribution in [0.1, 0.15) is 17.5 Å². The third-order valence-corrected chi connectivity index (χ3v) is 4.41. The van der Waals surface area contributed by atoms with Gasteiger partial charge in [-0.15, -0.1) is 0 Å². The summed E-state index contributed by atoms with van der Waals surface area (Å²) in [5.41, 5.74) is 6.93. The Labute approximate surface area is 119 Å². The Morgan fingerprint density at radius 1 is 1.05 bits per heavy atom. The van der Waals surface area contributed by atoms with Gasteiger partial charge in [-0.3, -0.25) is 0 Å². The number of hydrogen-bond donors (Lipinski definition) is 1. The van der Waals surface area contributed by atoms with Gasteiger partial charge < -0.3 is 10.1 Å². The van der Waals surface area contributed by atoms with Crippen LogP contribution < -0.4 is 5.32 Å². The van der Waals surface area contributed by atoms with E-state index < -0.39 is 0 Å². The van der Waals surface area contributed by atoms with E-state index >= 15 is 0 Å². The van der Waals surface area contributed by atoms with Gasteiger partial charge in [0.15, 0.2) is 0 Å². The standard InChI is InChI=1S/C18H19NO/c1-2-4-17-14(3-1)9-15-10-16(5-6-18(15)17)19-11-13-7-8-20-12-13/h1-6,10,13,19H,7-9,11-12H2. The lowest BCUT2D eigenvalue weighted by molar-refractivity contribution is 0.187. The molecule has 1 aliphatic carbocycles. The highest BCUT2D eigenvalue weighted by Gasteiger charge is 2.18. The van der Waals surface area contributed by atoms with E-state index in [2.05, 4.69) is 47.8 Å². The summed E-state index contributed by atoms with van der Waals surface area (Å²) in [7, 11) is 0. The first-order valence-corrected chi connectivity index (χ1v) is 7.43. The molecule has 1 atom stereocenters. The molecule has 1 aliphatic heterocycles. The summed E-state index contributed by atoms with van der Waals surface area (Å²) in [4.78, 5) is 0. The largest absolute Gasteiger partial charge is 0.385 e. The van der Waals surface area contributed by atoms with Crippen LogP contribution in [0.2, 0.25) is 0 Å². The maximum absolute atomic E-state index is 5.42. The third-order valence-electron chi connectivity index (χ3n) is 4.41. The van der Waals surface area contributed by atoms with Crippen molar-refractivity contribution in [1.29, 1.82) is 0 Å². The summed E-state index contributed by atoms with van der Waals surface area (Å²) in [6, 6.07) is 15.5. The van der Waals surface area contributed by atoms with Crippen molar-refractivity contribution in [3.63, 3.8) is 0 Å². The summed E-state index contributed by atoms with van der Waals surface area (Å²) < 4.78 is 5.42. The molecule has 0 amide bonds. The molecule has 0 saturated carbocycles. The number of benzene rings is 2. The van der Waals surface area contributed by atoms with Crippen LogP contribution in [0.4, 0.5) is 5.69 Å². The van der Waals surface area contributed by atoms with Gasteiger partial charge in [0.25, 0.3) is 0 Å². The molecular weight excluding hydrogens is 246 g/mol. The number of anilines is 1. The lowest BCUT2D eigenvalue weighted by Gasteiger charge is -2.12. The fraction of sp³-hybridized carbons (Fsp3) is 0.333. The van der Waals surface area contributed by atoms with E-state index in [1.807, 2.05) is 0 Å². The van der Waals surface area contributed by atoms with E-state index in [9.17, 15) is 0 Å². The molecule has 20 heavy (non-hydrogen) atoms. The zero-order valence-electron chi connectivity index (χ0n) is 11.6. The fourth-order valence-electron chi connectivity index (χ4n) is 3.26. The molecule has 0 bridgehead atoms. The van der Waals surface area contributed by atoms with Gasteiger partial charge in [-0.05, 0) is 47.2 Å². The highest BCUT2D eigenvalue weighted by molar-refractivity contribution is 5.78. The second-order valence-electron chi connectivity index (χ2n) is 5.82. The van der Waals surface area contributed by atoms with E-state index in [0.717, 1.165) is 26.2 Å². The van der Waals surface area contributed by atoms with Gasteiger partial charge in [0.1, 0.15) is 0 Å². The first-order chi connectivity index (χ1) is 9.90. The molecule has 0 radical (unpaired) electrons. The lowest BCUT2D eigenvalue weighted by Crippen LogP contribution is -2.14. The molecule has 2 nitrogen and oxygen atoms in total. The Bertz CT molecular complexity index is 629. The third kappa shape index (κ3) is 2.10. The average Bonchev–Trinajstić information content (AvgIpc) is 3.12. The smallest absolute Gasteiger partial charge is 0.0511 e. The van der Waals surface area contributed by atoms with Gasteiger partial charge >= 0.3 is 0 Å². The van der Waals surface area contributed by atoms with Crippen LogP contribution in [0.5, 0.6) is 0 Å². The van der Waals surface area contributed by atoms with Gasteiger partial charge in [0.2, 0.25) is 0 Å². The van der Waals surface area contributed by atoms with E-state index in [0.29, 0.717) is 5.92 Å². The monoisotopic (exact) mass is 265 g/mol. The number of nitrogens with one attached hydrogen (secondary N) is 1. The van der Waals surface area contributed by atoms with Gasteiger partial charge in [-0.25, -0.2) is 0 Å². The Balaban J connectivity index is 1.53. The summed E-state index contributed by atoms with van der Waals surface area (Å²) in [5, 5.41) is 3.56. The Hall–Kier alpha value is -1.80. The van der Waals surface area contributed by atoms with Gasteiger partial charge in [-0.1, -0.05) is 30.3 Å². The van der Waals surface area contributed by atoms with E-state index in [-0.39, 0.29) is 0 Å². The van der Waals surface area contributed by atoms with E-state index in [1.165, 1.54) is 34.4 Å². The van der Waals surface area contributed by atoms with Crippen molar-refractivity contribution in [2.24, 2.45) is 5.92 Å². The Kier molecular flexibility index (Phi) is 2.96. The highest BCUT2D eigenvalue weighted by atomic mass is 16.5. The maximum Gasteiger partial charge on any atom is 0.0511 e. The number of rotatable bonds is 3. The molecule has 2 aromatic rings. The van der Waals surface area contributed by atoms with Crippen LogP contribution in [0.15, 0.2) is 42.5 Å². The first kappa shape index (κ1) is 12.0. The fourth-order valence-corrected chi connectivity index (χ4v) is 3.26. The van der Waals surface area contributed by atoms with Gasteiger partial charge in [0, 0.05) is 24.8 Å². The van der Waals surface area contributed by atoms with Crippen molar-refractivity contribution in [1.82, 2.24) is 0 Å². The van der Waals surface area contributed by atoms with Crippen molar-refractivity contribution < 1.29 is 4.74 Å². The van der Waals surface area contributed by atoms with Crippen LogP contribution >= 0.6 is 0 Å². The number of hydrogen-bond acceptors (Lipinski definition) is 2. The number of ether oxygens (including phenoxy) is 1. The molecule has 0 aromatic heterocycles. The SMILES string of the molecule is c1ccc2c(c1)Cc1cc(NCC3CCOC3)ccc1-2. The molecule has 1 N–H and O–H groups in total. The molecule has 1 saturated heterocycles. The first-order valence-electron chi connectivity index (χ1n) is 7.43. The molecule has 2 heteroatoms. The maximum atomic E-state index is 5.42. The molecule has 0 spiro atoms. The van der Waals surface area contributed by atoms with Crippen molar-refractivity contribution in [3.8, 4) is 11.1 Å². The molecule has 2 aliphatic rings. The van der Waals surface area contributed by atoms with Crippen molar-refractivity contribution in [3.05, 3.63) is 53.6 Å². The zero-order chi connectivity index (χ0) is 13.4. The Morgan fingerprint density at radius 3 is 2.85 bits per heavy atom. The minimum absolute atomic E-state index is 0.667. The molecular formula is C18H19NO. The predicted octanol–water partition coefficient (Wildman–Crippen LogP) is 3.71. The van der Waals surface area contributed by atoms with Crippen LogP contribution in [-0.4, -0.2) is 19.8 Å². The average molecular weight is 265 g/mol. The molecule has 2 aromatic carbocycles. The Morgan fingerprint density at radius 2 is 1.95 bits per heavy atom. The summed E-state index contributed by atoms with van der Waals surface area (Å²) in [5.74, 6) is 0.667. The highest BCUT2D eigenvalue weighted by Crippen LogP contribution is 2.37. The van der Waals surface area contributed by atoms with Gasteiger partial charge in [0.05, 0.1) is 6.61 Å². The van der Waals surface area contributed by atoms with Crippen LogP contribution in [0, 0.1) is 5.92 Å². The quantitative estimate of drug-likeness (QED) is 0.779. The van der Waals surface area contributed by atoms with Crippen molar-refractivity contribution in [2.75, 3.05) is 25.1 Å². The van der Waals surface area contributed by atoms with Crippen LogP contribution in [-0.2, 0) is 11.2 Å². The van der Waals surface area contributed by atoms with Crippen molar-refractivity contribution >= 4 is 5.69 Å². The predicted molar refractivity (Wildman–Crippen MR) is 82.1 cm³/mol. The van der Waals surface area contributed by atoms with E-state index in [4.69, 9.17) is 4.74 Å². The zero-order valence-corrected chi connectivity index (χ0v) is 11.6.